The van der Waals surface area contributed by atoms with E-state index in [0.717, 1.165) is 30.2 Å². The number of hydrogen-bond donors (Lipinski definition) is 2. The molecule has 0 aliphatic rings. The summed E-state index contributed by atoms with van der Waals surface area (Å²) in [5, 5.41) is 8.07. The standard InChI is InChI=1S/C20H26N2O3/c1-2-25-19(23)13-4-3-7-14-21-20(24)22-15-17-11-8-10-16-9-5-6-12-18(16)17/h5-6,8-12H,2-4,7,13-15H2,1H3,(H2,21,22,24). The number of hydrogen-bond acceptors (Lipinski definition) is 3. The fraction of sp³-hybridized carbons (Fsp3) is 0.400. The number of benzene rings is 2. The maximum absolute atomic E-state index is 11.9. The summed E-state index contributed by atoms with van der Waals surface area (Å²) < 4.78 is 4.87. The molecule has 0 aliphatic carbocycles. The topological polar surface area (TPSA) is 67.4 Å². The summed E-state index contributed by atoms with van der Waals surface area (Å²) >= 11 is 0. The molecule has 0 spiro atoms. The van der Waals surface area contributed by atoms with Gasteiger partial charge in [-0.1, -0.05) is 48.9 Å². The van der Waals surface area contributed by atoms with Gasteiger partial charge in [-0.25, -0.2) is 4.79 Å². The van der Waals surface area contributed by atoms with Crippen LogP contribution < -0.4 is 10.6 Å². The second-order valence-electron chi connectivity index (χ2n) is 5.86. The molecule has 0 unspecified atom stereocenters. The molecule has 5 nitrogen and oxygen atoms in total. The Hall–Kier alpha value is -2.56. The molecule has 0 radical (unpaired) electrons. The number of ether oxygens (including phenoxy) is 1. The van der Waals surface area contributed by atoms with Crippen LogP contribution in [0.15, 0.2) is 42.5 Å². The van der Waals surface area contributed by atoms with Gasteiger partial charge in [0.1, 0.15) is 0 Å². The van der Waals surface area contributed by atoms with Crippen molar-refractivity contribution in [3.63, 3.8) is 0 Å². The van der Waals surface area contributed by atoms with Gasteiger partial charge in [0.05, 0.1) is 6.61 Å². The van der Waals surface area contributed by atoms with Gasteiger partial charge in [-0.05, 0) is 36.1 Å². The molecule has 0 saturated carbocycles. The van der Waals surface area contributed by atoms with E-state index >= 15 is 0 Å². The predicted octanol–water partition coefficient (Wildman–Crippen LogP) is 3.76. The number of carbonyl (C=O) groups is 2. The van der Waals surface area contributed by atoms with Gasteiger partial charge in [0.15, 0.2) is 0 Å². The summed E-state index contributed by atoms with van der Waals surface area (Å²) in [6, 6.07) is 14.1. The average Bonchev–Trinajstić information content (AvgIpc) is 2.63. The first-order valence-corrected chi connectivity index (χ1v) is 8.84. The van der Waals surface area contributed by atoms with E-state index in [2.05, 4.69) is 28.8 Å². The van der Waals surface area contributed by atoms with Gasteiger partial charge in [-0.3, -0.25) is 4.79 Å². The summed E-state index contributed by atoms with van der Waals surface area (Å²) in [6.45, 7) is 3.33. The Bertz CT molecular complexity index is 695. The largest absolute Gasteiger partial charge is 0.466 e. The molecule has 2 rings (SSSR count). The minimum Gasteiger partial charge on any atom is -0.466 e. The van der Waals surface area contributed by atoms with E-state index in [1.165, 1.54) is 5.39 Å². The molecule has 2 aromatic rings. The van der Waals surface area contributed by atoms with Crippen molar-refractivity contribution < 1.29 is 14.3 Å². The van der Waals surface area contributed by atoms with Gasteiger partial charge in [-0.15, -0.1) is 0 Å². The Morgan fingerprint density at radius 1 is 0.960 bits per heavy atom. The summed E-state index contributed by atoms with van der Waals surface area (Å²) in [5.41, 5.74) is 1.10. The molecular weight excluding hydrogens is 316 g/mol. The van der Waals surface area contributed by atoms with Crippen LogP contribution in [0.3, 0.4) is 0 Å². The molecule has 2 amide bonds. The summed E-state index contributed by atoms with van der Waals surface area (Å²) in [6.07, 6.45) is 2.97. The molecule has 134 valence electrons. The predicted molar refractivity (Wildman–Crippen MR) is 99.3 cm³/mol. The highest BCUT2D eigenvalue weighted by atomic mass is 16.5. The average molecular weight is 342 g/mol. The van der Waals surface area contributed by atoms with Crippen LogP contribution in [0.4, 0.5) is 4.79 Å². The van der Waals surface area contributed by atoms with Crippen LogP contribution in [0.25, 0.3) is 10.8 Å². The Kier molecular flexibility index (Phi) is 7.76. The number of urea groups is 1. The molecule has 0 aliphatic heterocycles. The van der Waals surface area contributed by atoms with Crippen molar-refractivity contribution in [3.05, 3.63) is 48.0 Å². The summed E-state index contributed by atoms with van der Waals surface area (Å²) in [7, 11) is 0. The smallest absolute Gasteiger partial charge is 0.315 e. The highest BCUT2D eigenvalue weighted by Crippen LogP contribution is 2.18. The number of amides is 2. The van der Waals surface area contributed by atoms with Crippen LogP contribution in [0.2, 0.25) is 0 Å². The Labute approximate surface area is 148 Å². The van der Waals surface area contributed by atoms with Gasteiger partial charge in [0.25, 0.3) is 0 Å². The number of esters is 1. The fourth-order valence-electron chi connectivity index (χ4n) is 2.69. The van der Waals surface area contributed by atoms with Crippen molar-refractivity contribution in [1.82, 2.24) is 10.6 Å². The zero-order chi connectivity index (χ0) is 17.9. The maximum atomic E-state index is 11.9. The minimum atomic E-state index is -0.168. The van der Waals surface area contributed by atoms with E-state index in [0.29, 0.717) is 26.1 Å². The van der Waals surface area contributed by atoms with Crippen molar-refractivity contribution in [3.8, 4) is 0 Å². The van der Waals surface area contributed by atoms with Crippen LogP contribution >= 0.6 is 0 Å². The highest BCUT2D eigenvalue weighted by molar-refractivity contribution is 5.86. The lowest BCUT2D eigenvalue weighted by Crippen LogP contribution is -2.35. The Balaban J connectivity index is 1.63. The Morgan fingerprint density at radius 2 is 1.76 bits per heavy atom. The quantitative estimate of drug-likeness (QED) is 0.538. The lowest BCUT2D eigenvalue weighted by atomic mass is 10.0. The first-order valence-electron chi connectivity index (χ1n) is 8.84. The number of nitrogens with one attached hydrogen (secondary N) is 2. The monoisotopic (exact) mass is 342 g/mol. The van der Waals surface area contributed by atoms with Gasteiger partial charge in [-0.2, -0.15) is 0 Å². The van der Waals surface area contributed by atoms with E-state index < -0.39 is 0 Å². The zero-order valence-corrected chi connectivity index (χ0v) is 14.7. The molecular formula is C20H26N2O3. The summed E-state index contributed by atoms with van der Waals surface area (Å²) in [4.78, 5) is 23.1. The third kappa shape index (κ3) is 6.45. The van der Waals surface area contributed by atoms with Crippen molar-refractivity contribution >= 4 is 22.8 Å². The lowest BCUT2D eigenvalue weighted by Gasteiger charge is -2.10. The molecule has 25 heavy (non-hydrogen) atoms. The van der Waals surface area contributed by atoms with Crippen molar-refractivity contribution in [2.75, 3.05) is 13.2 Å². The van der Waals surface area contributed by atoms with Gasteiger partial charge in [0, 0.05) is 19.5 Å². The van der Waals surface area contributed by atoms with Crippen LogP contribution in [0.1, 0.15) is 38.2 Å². The molecule has 0 heterocycles. The number of fused-ring (bicyclic) bond motifs is 1. The number of unbranched alkanes of at least 4 members (excludes halogenated alkanes) is 2. The van der Waals surface area contributed by atoms with Crippen LogP contribution in [0, 0.1) is 0 Å². The SMILES string of the molecule is CCOC(=O)CCCCCNC(=O)NCc1cccc2ccccc12. The van der Waals surface area contributed by atoms with E-state index in [1.54, 1.807) is 6.92 Å². The van der Waals surface area contributed by atoms with E-state index in [4.69, 9.17) is 4.74 Å². The van der Waals surface area contributed by atoms with Gasteiger partial charge >= 0.3 is 12.0 Å². The van der Waals surface area contributed by atoms with E-state index in [-0.39, 0.29) is 12.0 Å². The van der Waals surface area contributed by atoms with Crippen molar-refractivity contribution in [1.29, 1.82) is 0 Å². The number of carbonyl (C=O) groups excluding carboxylic acids is 2. The molecule has 0 fully saturated rings. The molecule has 5 heteroatoms. The van der Waals surface area contributed by atoms with Crippen LogP contribution in [-0.4, -0.2) is 25.2 Å². The third-order valence-electron chi connectivity index (χ3n) is 3.97. The van der Waals surface area contributed by atoms with Gasteiger partial charge in [0.2, 0.25) is 0 Å². The Morgan fingerprint density at radius 3 is 2.60 bits per heavy atom. The first-order chi connectivity index (χ1) is 12.2. The second kappa shape index (κ2) is 10.3. The molecule has 2 N–H and O–H groups in total. The molecule has 0 aromatic heterocycles. The molecule has 0 bridgehead atoms. The zero-order valence-electron chi connectivity index (χ0n) is 14.7. The van der Waals surface area contributed by atoms with Gasteiger partial charge < -0.3 is 15.4 Å². The first kappa shape index (κ1) is 18.8. The van der Waals surface area contributed by atoms with Crippen LogP contribution in [-0.2, 0) is 16.1 Å². The van der Waals surface area contributed by atoms with Crippen molar-refractivity contribution in [2.24, 2.45) is 0 Å². The van der Waals surface area contributed by atoms with Crippen LogP contribution in [0.5, 0.6) is 0 Å². The molecule has 0 atom stereocenters. The normalized spacial score (nSPS) is 10.4. The van der Waals surface area contributed by atoms with E-state index in [9.17, 15) is 9.59 Å². The van der Waals surface area contributed by atoms with Crippen molar-refractivity contribution in [2.45, 2.75) is 39.2 Å². The number of rotatable bonds is 9. The highest BCUT2D eigenvalue weighted by Gasteiger charge is 2.04. The lowest BCUT2D eigenvalue weighted by molar-refractivity contribution is -0.143. The molecule has 2 aromatic carbocycles. The minimum absolute atomic E-state index is 0.150. The second-order valence-corrected chi connectivity index (χ2v) is 5.86. The molecule has 0 saturated heterocycles. The maximum Gasteiger partial charge on any atom is 0.315 e. The third-order valence-corrected chi connectivity index (χ3v) is 3.97. The summed E-state index contributed by atoms with van der Waals surface area (Å²) in [5.74, 6) is -0.150. The van der Waals surface area contributed by atoms with E-state index in [1.807, 2.05) is 24.3 Å². The fourth-order valence-corrected chi connectivity index (χ4v) is 2.69.